The molecule has 198 valence electrons. The highest BCUT2D eigenvalue weighted by molar-refractivity contribution is 5.92. The number of ether oxygens (including phenoxy) is 2. The van der Waals surface area contributed by atoms with E-state index in [1.807, 2.05) is 41.7 Å². The maximum absolute atomic E-state index is 13.7. The average molecular weight is 484 g/mol. The quantitative estimate of drug-likeness (QED) is 0.405. The zero-order valence-electron chi connectivity index (χ0n) is 23.1. The molecule has 5 atom stereocenters. The first-order valence-electron chi connectivity index (χ1n) is 12.8. The number of methoxy groups -OCH3 is 1. The van der Waals surface area contributed by atoms with Crippen molar-refractivity contribution in [2.24, 2.45) is 17.8 Å². The van der Waals surface area contributed by atoms with E-state index < -0.39 is 17.7 Å². The van der Waals surface area contributed by atoms with E-state index in [4.69, 9.17) is 9.47 Å². The SMILES string of the molecule is CCC(C)C(C(CC(=O)OCC(C)C)OC)N(C)C(=O)C(NC(=O)C1(C)CCCN1C)C(C)C. The molecule has 0 radical (unpaired) electrons. The lowest BCUT2D eigenvalue weighted by Gasteiger charge is -2.40. The number of carbonyl (C=O) groups is 3. The van der Waals surface area contributed by atoms with Gasteiger partial charge in [-0.1, -0.05) is 48.0 Å². The Bertz CT molecular complexity index is 683. The van der Waals surface area contributed by atoms with Crippen LogP contribution in [0.15, 0.2) is 0 Å². The third-order valence-electron chi connectivity index (χ3n) is 7.36. The number of likely N-dealkylation sites (N-methyl/N-ethyl adjacent to an activating group) is 2. The van der Waals surface area contributed by atoms with Crippen LogP contribution in [0.4, 0.5) is 0 Å². The van der Waals surface area contributed by atoms with Crippen LogP contribution in [0.1, 0.15) is 74.1 Å². The van der Waals surface area contributed by atoms with Crippen LogP contribution >= 0.6 is 0 Å². The van der Waals surface area contributed by atoms with Gasteiger partial charge in [0.05, 0.1) is 30.7 Å². The number of likely N-dealkylation sites (tertiary alicyclic amines) is 1. The molecule has 1 aliphatic heterocycles. The molecule has 2 amide bonds. The Kier molecular flexibility index (Phi) is 12.0. The monoisotopic (exact) mass is 483 g/mol. The van der Waals surface area contributed by atoms with Crippen molar-refractivity contribution in [1.29, 1.82) is 0 Å². The maximum Gasteiger partial charge on any atom is 0.308 e. The summed E-state index contributed by atoms with van der Waals surface area (Å²) in [4.78, 5) is 43.1. The molecule has 0 saturated carbocycles. The van der Waals surface area contributed by atoms with Crippen LogP contribution in [-0.2, 0) is 23.9 Å². The van der Waals surface area contributed by atoms with E-state index in [1.165, 1.54) is 0 Å². The highest BCUT2D eigenvalue weighted by atomic mass is 16.5. The van der Waals surface area contributed by atoms with Crippen LogP contribution < -0.4 is 5.32 Å². The fraction of sp³-hybridized carbons (Fsp3) is 0.885. The van der Waals surface area contributed by atoms with E-state index in [9.17, 15) is 14.4 Å². The first-order valence-corrected chi connectivity index (χ1v) is 12.8. The van der Waals surface area contributed by atoms with Gasteiger partial charge in [0, 0.05) is 14.2 Å². The smallest absolute Gasteiger partial charge is 0.308 e. The molecule has 1 rings (SSSR count). The van der Waals surface area contributed by atoms with E-state index in [1.54, 1.807) is 19.1 Å². The van der Waals surface area contributed by atoms with E-state index >= 15 is 0 Å². The number of amides is 2. The number of rotatable bonds is 13. The number of hydrogen-bond acceptors (Lipinski definition) is 6. The van der Waals surface area contributed by atoms with Gasteiger partial charge in [-0.2, -0.15) is 0 Å². The van der Waals surface area contributed by atoms with Gasteiger partial charge in [0.25, 0.3) is 0 Å². The van der Waals surface area contributed by atoms with Crippen LogP contribution in [0, 0.1) is 17.8 Å². The minimum absolute atomic E-state index is 0.0669. The Balaban J connectivity index is 3.09. The van der Waals surface area contributed by atoms with Crippen LogP contribution in [0.5, 0.6) is 0 Å². The molecule has 8 heteroatoms. The van der Waals surface area contributed by atoms with E-state index in [-0.39, 0.29) is 48.0 Å². The molecule has 1 saturated heterocycles. The second kappa shape index (κ2) is 13.4. The maximum atomic E-state index is 13.7. The number of carbonyl (C=O) groups excluding carboxylic acids is 3. The molecular formula is C26H49N3O5. The molecule has 1 aliphatic rings. The molecule has 34 heavy (non-hydrogen) atoms. The highest BCUT2D eigenvalue weighted by Gasteiger charge is 2.44. The summed E-state index contributed by atoms with van der Waals surface area (Å²) >= 11 is 0. The summed E-state index contributed by atoms with van der Waals surface area (Å²) < 4.78 is 11.1. The third kappa shape index (κ3) is 7.67. The Hall–Kier alpha value is -1.67. The van der Waals surface area contributed by atoms with Crippen molar-refractivity contribution in [3.8, 4) is 0 Å². The molecule has 0 aromatic heterocycles. The molecule has 0 aromatic carbocycles. The van der Waals surface area contributed by atoms with Crippen molar-refractivity contribution in [3.63, 3.8) is 0 Å². The fourth-order valence-corrected chi connectivity index (χ4v) is 4.63. The van der Waals surface area contributed by atoms with Gasteiger partial charge in [0.1, 0.15) is 6.04 Å². The van der Waals surface area contributed by atoms with Crippen molar-refractivity contribution < 1.29 is 23.9 Å². The lowest BCUT2D eigenvalue weighted by Crippen LogP contribution is -2.61. The van der Waals surface area contributed by atoms with Crippen LogP contribution in [0.2, 0.25) is 0 Å². The molecule has 0 spiro atoms. The Morgan fingerprint density at radius 2 is 1.76 bits per heavy atom. The van der Waals surface area contributed by atoms with Gasteiger partial charge in [-0.15, -0.1) is 0 Å². The van der Waals surface area contributed by atoms with Gasteiger partial charge >= 0.3 is 5.97 Å². The lowest BCUT2D eigenvalue weighted by molar-refractivity contribution is -0.152. The summed E-state index contributed by atoms with van der Waals surface area (Å²) in [6, 6.07) is -1.00. The topological polar surface area (TPSA) is 88.2 Å². The summed E-state index contributed by atoms with van der Waals surface area (Å²) in [7, 11) is 5.26. The Morgan fingerprint density at radius 3 is 2.21 bits per heavy atom. The molecule has 8 nitrogen and oxygen atoms in total. The standard InChI is InChI=1S/C26H49N3O5/c1-11-19(6)23(20(33-10)15-21(30)34-16-17(2)3)29(9)24(31)22(18(4)5)27-25(32)26(7)13-12-14-28(26)8/h17-20,22-23H,11-16H2,1-10H3,(H,27,32). The van der Waals surface area contributed by atoms with E-state index in [0.717, 1.165) is 25.8 Å². The minimum Gasteiger partial charge on any atom is -0.465 e. The predicted molar refractivity (Wildman–Crippen MR) is 134 cm³/mol. The second-order valence-corrected chi connectivity index (χ2v) is 10.9. The molecule has 1 fully saturated rings. The number of hydrogen-bond donors (Lipinski definition) is 1. The van der Waals surface area contributed by atoms with Gasteiger partial charge in [-0.25, -0.2) is 0 Å². The van der Waals surface area contributed by atoms with Crippen LogP contribution in [0.25, 0.3) is 0 Å². The van der Waals surface area contributed by atoms with Crippen molar-refractivity contribution in [1.82, 2.24) is 15.1 Å². The molecule has 0 aromatic rings. The molecule has 0 aliphatic carbocycles. The summed E-state index contributed by atoms with van der Waals surface area (Å²) in [5.41, 5.74) is -0.614. The first-order chi connectivity index (χ1) is 15.8. The Labute approximate surface area is 207 Å². The van der Waals surface area contributed by atoms with Crippen molar-refractivity contribution in [2.75, 3.05) is 34.4 Å². The molecule has 0 bridgehead atoms. The Morgan fingerprint density at radius 1 is 1.15 bits per heavy atom. The summed E-state index contributed by atoms with van der Waals surface area (Å²) in [6.07, 6.45) is 2.09. The lowest BCUT2D eigenvalue weighted by atomic mass is 9.89. The number of esters is 1. The predicted octanol–water partition coefficient (Wildman–Crippen LogP) is 3.09. The van der Waals surface area contributed by atoms with Gasteiger partial charge in [-0.3, -0.25) is 19.3 Å². The second-order valence-electron chi connectivity index (χ2n) is 10.9. The van der Waals surface area contributed by atoms with Crippen molar-refractivity contribution in [3.05, 3.63) is 0 Å². The average Bonchev–Trinajstić information content (AvgIpc) is 3.13. The molecular weight excluding hydrogens is 434 g/mol. The van der Waals surface area contributed by atoms with E-state index in [0.29, 0.717) is 6.61 Å². The molecule has 1 N–H and O–H groups in total. The zero-order chi connectivity index (χ0) is 26.2. The molecule has 1 heterocycles. The largest absolute Gasteiger partial charge is 0.465 e. The number of nitrogens with zero attached hydrogens (tertiary/aromatic N) is 2. The minimum atomic E-state index is -0.666. The van der Waals surface area contributed by atoms with Gasteiger partial charge in [0.15, 0.2) is 0 Å². The van der Waals surface area contributed by atoms with Gasteiger partial charge < -0.3 is 19.7 Å². The van der Waals surface area contributed by atoms with E-state index in [2.05, 4.69) is 24.1 Å². The van der Waals surface area contributed by atoms with Crippen LogP contribution in [0.3, 0.4) is 0 Å². The highest BCUT2D eigenvalue weighted by Crippen LogP contribution is 2.28. The van der Waals surface area contributed by atoms with Crippen molar-refractivity contribution in [2.45, 2.75) is 97.9 Å². The van der Waals surface area contributed by atoms with Crippen molar-refractivity contribution >= 4 is 17.8 Å². The summed E-state index contributed by atoms with van der Waals surface area (Å²) in [5, 5.41) is 3.05. The third-order valence-corrected chi connectivity index (χ3v) is 7.36. The fourth-order valence-electron chi connectivity index (χ4n) is 4.63. The molecule has 5 unspecified atom stereocenters. The first kappa shape index (κ1) is 30.4. The summed E-state index contributed by atoms with van der Waals surface area (Å²) in [5.74, 6) is -0.386. The zero-order valence-corrected chi connectivity index (χ0v) is 23.1. The van der Waals surface area contributed by atoms with Gasteiger partial charge in [0.2, 0.25) is 11.8 Å². The van der Waals surface area contributed by atoms with Crippen LogP contribution in [-0.4, -0.2) is 85.7 Å². The summed E-state index contributed by atoms with van der Waals surface area (Å²) in [6.45, 7) is 15.1. The normalized spacial score (nSPS) is 22.4. The number of nitrogens with one attached hydrogen (secondary N) is 1. The van der Waals surface area contributed by atoms with Gasteiger partial charge in [-0.05, 0) is 51.1 Å².